The molecule has 7 heteroatoms. The summed E-state index contributed by atoms with van der Waals surface area (Å²) in [4.78, 5) is 28.1. The van der Waals surface area contributed by atoms with Crippen molar-refractivity contribution in [2.24, 2.45) is 0 Å². The highest BCUT2D eigenvalue weighted by Gasteiger charge is 2.10. The molecule has 3 aromatic rings. The third-order valence-electron chi connectivity index (χ3n) is 3.98. The number of hydrogen-bond donors (Lipinski definition) is 2. The highest BCUT2D eigenvalue weighted by Crippen LogP contribution is 2.16. The maximum Gasteiger partial charge on any atom is 0.337 e. The quantitative estimate of drug-likeness (QED) is 0.636. The van der Waals surface area contributed by atoms with Crippen molar-refractivity contribution in [1.82, 2.24) is 4.98 Å². The van der Waals surface area contributed by atoms with Crippen molar-refractivity contribution in [3.63, 3.8) is 0 Å². The van der Waals surface area contributed by atoms with E-state index in [-0.39, 0.29) is 18.3 Å². The fraction of sp³-hybridized carbons (Fsp3) is 0.0952. The fourth-order valence-corrected chi connectivity index (χ4v) is 2.54. The Labute approximate surface area is 161 Å². The highest BCUT2D eigenvalue weighted by molar-refractivity contribution is 6.05. The molecule has 2 N–H and O–H groups in total. The van der Waals surface area contributed by atoms with Gasteiger partial charge in [0.2, 0.25) is 0 Å². The summed E-state index contributed by atoms with van der Waals surface area (Å²) in [5.74, 6) is -1.18. The first-order valence-corrected chi connectivity index (χ1v) is 8.49. The van der Waals surface area contributed by atoms with Crippen molar-refractivity contribution in [1.29, 1.82) is 0 Å². The average Bonchev–Trinajstić information content (AvgIpc) is 2.73. The van der Waals surface area contributed by atoms with Gasteiger partial charge >= 0.3 is 5.97 Å². The van der Waals surface area contributed by atoms with Crippen LogP contribution in [0.4, 0.5) is 15.8 Å². The number of ether oxygens (including phenoxy) is 1. The number of pyridine rings is 1. The number of hydrogen-bond acceptors (Lipinski definition) is 5. The molecule has 1 heterocycles. The number of nitrogens with zero attached hydrogens (tertiary/aromatic N) is 1. The molecule has 0 atom stereocenters. The molecule has 6 nitrogen and oxygen atoms in total. The molecule has 0 radical (unpaired) electrons. The number of amides is 1. The Bertz CT molecular complexity index is 1010. The molecule has 0 spiro atoms. The number of esters is 1. The minimum absolute atomic E-state index is 0.264. The zero-order valence-corrected chi connectivity index (χ0v) is 15.1. The van der Waals surface area contributed by atoms with Gasteiger partial charge in [-0.25, -0.2) is 9.18 Å². The number of benzene rings is 2. The molecule has 28 heavy (non-hydrogen) atoms. The lowest BCUT2D eigenvalue weighted by atomic mass is 10.2. The second-order valence-electron chi connectivity index (χ2n) is 5.93. The summed E-state index contributed by atoms with van der Waals surface area (Å²) in [5, 5.41) is 5.76. The van der Waals surface area contributed by atoms with E-state index in [1.165, 1.54) is 25.4 Å². The first-order valence-electron chi connectivity index (χ1n) is 8.49. The second kappa shape index (κ2) is 8.77. The van der Waals surface area contributed by atoms with Gasteiger partial charge in [0.05, 0.1) is 23.9 Å². The summed E-state index contributed by atoms with van der Waals surface area (Å²) in [5.41, 5.74) is 2.20. The number of carbonyl (C=O) groups excluding carboxylic acids is 2. The molecule has 0 saturated heterocycles. The number of rotatable bonds is 6. The van der Waals surface area contributed by atoms with Crippen LogP contribution in [0, 0.1) is 5.82 Å². The monoisotopic (exact) mass is 379 g/mol. The smallest absolute Gasteiger partial charge is 0.337 e. The van der Waals surface area contributed by atoms with Gasteiger partial charge in [0.1, 0.15) is 5.82 Å². The standard InChI is InChI=1S/C21H18FN3O3/c1-28-21(27)14-6-4-7-17(9-14)25-20(26)16-10-18(13-23-11-16)24-12-15-5-2-3-8-19(15)22/h2-11,13,24H,12H2,1H3,(H,25,26). The van der Waals surface area contributed by atoms with Crippen LogP contribution in [-0.4, -0.2) is 24.0 Å². The van der Waals surface area contributed by atoms with Crippen LogP contribution in [0.5, 0.6) is 0 Å². The van der Waals surface area contributed by atoms with E-state index in [1.807, 2.05) is 0 Å². The number of methoxy groups -OCH3 is 1. The van der Waals surface area contributed by atoms with Crippen LogP contribution in [0.3, 0.4) is 0 Å². The number of aromatic nitrogens is 1. The third-order valence-corrected chi connectivity index (χ3v) is 3.98. The largest absolute Gasteiger partial charge is 0.465 e. The van der Waals surface area contributed by atoms with E-state index in [2.05, 4.69) is 20.4 Å². The normalized spacial score (nSPS) is 10.2. The molecule has 0 aliphatic rings. The predicted octanol–water partition coefficient (Wildman–Crippen LogP) is 3.87. The van der Waals surface area contributed by atoms with Gasteiger partial charge in [-0.05, 0) is 30.3 Å². The van der Waals surface area contributed by atoms with E-state index in [0.29, 0.717) is 28.1 Å². The van der Waals surface area contributed by atoms with Crippen LogP contribution in [-0.2, 0) is 11.3 Å². The molecule has 0 saturated carbocycles. The molecule has 0 aliphatic heterocycles. The number of anilines is 2. The summed E-state index contributed by atoms with van der Waals surface area (Å²) in [6.07, 6.45) is 2.98. The van der Waals surface area contributed by atoms with E-state index in [1.54, 1.807) is 48.7 Å². The lowest BCUT2D eigenvalue weighted by molar-refractivity contribution is 0.0600. The summed E-state index contributed by atoms with van der Waals surface area (Å²) in [7, 11) is 1.29. The average molecular weight is 379 g/mol. The Hall–Kier alpha value is -3.74. The van der Waals surface area contributed by atoms with Gasteiger partial charge in [0, 0.05) is 30.2 Å². The van der Waals surface area contributed by atoms with E-state index in [4.69, 9.17) is 0 Å². The summed E-state index contributed by atoms with van der Waals surface area (Å²) >= 11 is 0. The van der Waals surface area contributed by atoms with Gasteiger partial charge < -0.3 is 15.4 Å². The molecule has 0 unspecified atom stereocenters. The summed E-state index contributed by atoms with van der Waals surface area (Å²) in [6.45, 7) is 0.264. The van der Waals surface area contributed by atoms with Gasteiger partial charge in [-0.2, -0.15) is 0 Å². The van der Waals surface area contributed by atoms with Crippen LogP contribution in [0.15, 0.2) is 67.0 Å². The van der Waals surface area contributed by atoms with E-state index >= 15 is 0 Å². The third kappa shape index (κ3) is 4.70. The fourth-order valence-electron chi connectivity index (χ4n) is 2.54. The van der Waals surface area contributed by atoms with Crippen molar-refractivity contribution in [2.75, 3.05) is 17.7 Å². The Morgan fingerprint density at radius 2 is 1.79 bits per heavy atom. The van der Waals surface area contributed by atoms with Gasteiger partial charge in [-0.1, -0.05) is 24.3 Å². The lowest BCUT2D eigenvalue weighted by Crippen LogP contribution is -2.13. The SMILES string of the molecule is COC(=O)c1cccc(NC(=O)c2cncc(NCc3ccccc3F)c2)c1. The van der Waals surface area contributed by atoms with Crippen LogP contribution < -0.4 is 10.6 Å². The number of carbonyl (C=O) groups is 2. The number of halogens is 1. The van der Waals surface area contributed by atoms with E-state index in [0.717, 1.165) is 0 Å². The molecule has 142 valence electrons. The Kier molecular flexibility index (Phi) is 5.96. The van der Waals surface area contributed by atoms with Crippen molar-refractivity contribution in [3.05, 3.63) is 89.5 Å². The second-order valence-corrected chi connectivity index (χ2v) is 5.93. The Morgan fingerprint density at radius 1 is 1.00 bits per heavy atom. The molecule has 3 rings (SSSR count). The summed E-state index contributed by atoms with van der Waals surface area (Å²) < 4.78 is 18.4. The summed E-state index contributed by atoms with van der Waals surface area (Å²) in [6, 6.07) is 14.5. The molecular weight excluding hydrogens is 361 g/mol. The molecule has 0 aliphatic carbocycles. The molecule has 0 fully saturated rings. The molecule has 1 aromatic heterocycles. The zero-order chi connectivity index (χ0) is 19.9. The maximum atomic E-state index is 13.7. The lowest BCUT2D eigenvalue weighted by Gasteiger charge is -2.10. The number of nitrogens with one attached hydrogen (secondary N) is 2. The molecular formula is C21H18FN3O3. The Morgan fingerprint density at radius 3 is 2.57 bits per heavy atom. The van der Waals surface area contributed by atoms with Crippen molar-refractivity contribution in [3.8, 4) is 0 Å². The highest BCUT2D eigenvalue weighted by atomic mass is 19.1. The first kappa shape index (κ1) is 19.0. The van der Waals surface area contributed by atoms with Crippen LogP contribution >= 0.6 is 0 Å². The van der Waals surface area contributed by atoms with Crippen LogP contribution in [0.2, 0.25) is 0 Å². The molecule has 0 bridgehead atoms. The van der Waals surface area contributed by atoms with Gasteiger partial charge in [0.15, 0.2) is 0 Å². The van der Waals surface area contributed by atoms with Gasteiger partial charge in [0.25, 0.3) is 5.91 Å². The van der Waals surface area contributed by atoms with Gasteiger partial charge in [-0.3, -0.25) is 9.78 Å². The molecule has 1 amide bonds. The van der Waals surface area contributed by atoms with E-state index < -0.39 is 5.97 Å². The maximum absolute atomic E-state index is 13.7. The minimum Gasteiger partial charge on any atom is -0.465 e. The van der Waals surface area contributed by atoms with E-state index in [9.17, 15) is 14.0 Å². The van der Waals surface area contributed by atoms with Crippen molar-refractivity contribution >= 4 is 23.3 Å². The topological polar surface area (TPSA) is 80.3 Å². The molecule has 2 aromatic carbocycles. The van der Waals surface area contributed by atoms with Gasteiger partial charge in [-0.15, -0.1) is 0 Å². The van der Waals surface area contributed by atoms with Crippen molar-refractivity contribution < 1.29 is 18.7 Å². The predicted molar refractivity (Wildman–Crippen MR) is 104 cm³/mol. The van der Waals surface area contributed by atoms with Crippen LogP contribution in [0.1, 0.15) is 26.3 Å². The zero-order valence-electron chi connectivity index (χ0n) is 15.1. The minimum atomic E-state index is -0.489. The Balaban J connectivity index is 1.69. The van der Waals surface area contributed by atoms with Crippen LogP contribution in [0.25, 0.3) is 0 Å². The first-order chi connectivity index (χ1) is 13.6. The van der Waals surface area contributed by atoms with Crippen molar-refractivity contribution in [2.45, 2.75) is 6.54 Å².